The van der Waals surface area contributed by atoms with Crippen LogP contribution in [0, 0.1) is 5.92 Å². The minimum Gasteiger partial charge on any atom is -0.382 e. The van der Waals surface area contributed by atoms with E-state index in [2.05, 4.69) is 55.5 Å². The van der Waals surface area contributed by atoms with Gasteiger partial charge in [-0.05, 0) is 55.9 Å². The molecule has 17 heavy (non-hydrogen) atoms. The van der Waals surface area contributed by atoms with Gasteiger partial charge in [0.25, 0.3) is 0 Å². The van der Waals surface area contributed by atoms with Crippen molar-refractivity contribution >= 4 is 11.4 Å². The molecule has 1 aliphatic carbocycles. The predicted octanol–water partition coefficient (Wildman–Crippen LogP) is 3.74. The lowest BCUT2D eigenvalue weighted by Gasteiger charge is -2.27. The van der Waals surface area contributed by atoms with Crippen LogP contribution in [0.3, 0.4) is 0 Å². The highest BCUT2D eigenvalue weighted by molar-refractivity contribution is 5.54. The zero-order valence-electron chi connectivity index (χ0n) is 11.2. The van der Waals surface area contributed by atoms with Gasteiger partial charge in [-0.3, -0.25) is 0 Å². The summed E-state index contributed by atoms with van der Waals surface area (Å²) in [5, 5.41) is 3.65. The Hall–Kier alpha value is -1.18. The molecular formula is C15H24N2. The third kappa shape index (κ3) is 3.39. The third-order valence-electron chi connectivity index (χ3n) is 3.77. The van der Waals surface area contributed by atoms with Crippen molar-refractivity contribution in [3.63, 3.8) is 0 Å². The van der Waals surface area contributed by atoms with E-state index in [1.165, 1.54) is 37.1 Å². The number of rotatable bonds is 3. The van der Waals surface area contributed by atoms with Crippen LogP contribution in [0.15, 0.2) is 24.3 Å². The van der Waals surface area contributed by atoms with E-state index in [4.69, 9.17) is 0 Å². The first-order valence-electron chi connectivity index (χ1n) is 6.69. The number of anilines is 2. The van der Waals surface area contributed by atoms with Crippen LogP contribution < -0.4 is 10.2 Å². The molecule has 0 aromatic heterocycles. The first-order chi connectivity index (χ1) is 8.15. The fourth-order valence-electron chi connectivity index (χ4n) is 2.50. The molecule has 1 fully saturated rings. The lowest BCUT2D eigenvalue weighted by molar-refractivity contribution is 0.361. The van der Waals surface area contributed by atoms with E-state index in [0.717, 1.165) is 5.92 Å². The largest absolute Gasteiger partial charge is 0.382 e. The van der Waals surface area contributed by atoms with Gasteiger partial charge in [-0.15, -0.1) is 0 Å². The van der Waals surface area contributed by atoms with Gasteiger partial charge in [0.15, 0.2) is 0 Å². The van der Waals surface area contributed by atoms with E-state index in [1.807, 2.05) is 0 Å². The van der Waals surface area contributed by atoms with Gasteiger partial charge in [0, 0.05) is 31.5 Å². The van der Waals surface area contributed by atoms with Crippen molar-refractivity contribution in [1.82, 2.24) is 0 Å². The Bertz CT molecular complexity index is 334. The predicted molar refractivity (Wildman–Crippen MR) is 75.8 cm³/mol. The van der Waals surface area contributed by atoms with Crippen molar-refractivity contribution < 1.29 is 0 Å². The normalized spacial score (nSPS) is 24.4. The molecule has 1 aromatic rings. The molecule has 94 valence electrons. The van der Waals surface area contributed by atoms with Gasteiger partial charge in [0.05, 0.1) is 0 Å². The Kier molecular flexibility index (Phi) is 3.93. The van der Waals surface area contributed by atoms with Crippen LogP contribution in [0.1, 0.15) is 32.6 Å². The van der Waals surface area contributed by atoms with Crippen LogP contribution in [0.25, 0.3) is 0 Å². The van der Waals surface area contributed by atoms with E-state index in [-0.39, 0.29) is 0 Å². The zero-order valence-corrected chi connectivity index (χ0v) is 11.2. The number of nitrogens with zero attached hydrogens (tertiary/aromatic N) is 1. The van der Waals surface area contributed by atoms with Gasteiger partial charge < -0.3 is 10.2 Å². The van der Waals surface area contributed by atoms with Gasteiger partial charge in [-0.25, -0.2) is 0 Å². The van der Waals surface area contributed by atoms with Crippen molar-refractivity contribution in [3.8, 4) is 0 Å². The fourth-order valence-corrected chi connectivity index (χ4v) is 2.50. The van der Waals surface area contributed by atoms with E-state index >= 15 is 0 Å². The lowest BCUT2D eigenvalue weighted by atomic mass is 9.87. The van der Waals surface area contributed by atoms with Crippen LogP contribution >= 0.6 is 0 Å². The molecule has 0 unspecified atom stereocenters. The number of benzene rings is 1. The molecule has 1 saturated carbocycles. The molecule has 2 rings (SSSR count). The van der Waals surface area contributed by atoms with Gasteiger partial charge >= 0.3 is 0 Å². The molecule has 0 spiro atoms. The number of hydrogen-bond donors (Lipinski definition) is 1. The maximum absolute atomic E-state index is 3.65. The van der Waals surface area contributed by atoms with Crippen LogP contribution in [0.4, 0.5) is 11.4 Å². The molecule has 1 N–H and O–H groups in total. The summed E-state index contributed by atoms with van der Waals surface area (Å²) in [5.41, 5.74) is 2.52. The topological polar surface area (TPSA) is 15.3 Å². The Balaban J connectivity index is 1.90. The van der Waals surface area contributed by atoms with Gasteiger partial charge in [-0.2, -0.15) is 0 Å². The molecule has 2 heteroatoms. The summed E-state index contributed by atoms with van der Waals surface area (Å²) in [6.07, 6.45) is 5.37. The summed E-state index contributed by atoms with van der Waals surface area (Å²) in [7, 11) is 4.15. The van der Waals surface area contributed by atoms with Crippen LogP contribution in [-0.4, -0.2) is 20.1 Å². The molecule has 1 aliphatic rings. The first-order valence-corrected chi connectivity index (χ1v) is 6.69. The van der Waals surface area contributed by atoms with Gasteiger partial charge in [0.1, 0.15) is 0 Å². The van der Waals surface area contributed by atoms with E-state index in [9.17, 15) is 0 Å². The molecule has 0 bridgehead atoms. The van der Waals surface area contributed by atoms with E-state index in [1.54, 1.807) is 0 Å². The summed E-state index contributed by atoms with van der Waals surface area (Å²) >= 11 is 0. The highest BCUT2D eigenvalue weighted by Gasteiger charge is 2.17. The third-order valence-corrected chi connectivity index (χ3v) is 3.77. The minimum absolute atomic E-state index is 0.677. The average molecular weight is 232 g/mol. The smallest absolute Gasteiger partial charge is 0.0362 e. The highest BCUT2D eigenvalue weighted by atomic mass is 15.1. The van der Waals surface area contributed by atoms with Crippen molar-refractivity contribution in [2.75, 3.05) is 24.3 Å². The molecule has 0 radical (unpaired) electrons. The van der Waals surface area contributed by atoms with E-state index < -0.39 is 0 Å². The van der Waals surface area contributed by atoms with E-state index in [0.29, 0.717) is 6.04 Å². The molecule has 0 aliphatic heterocycles. The van der Waals surface area contributed by atoms with Crippen molar-refractivity contribution in [3.05, 3.63) is 24.3 Å². The van der Waals surface area contributed by atoms with Crippen LogP contribution in [0.2, 0.25) is 0 Å². The quantitative estimate of drug-likeness (QED) is 0.854. The second kappa shape index (κ2) is 5.44. The Labute approximate surface area is 105 Å². The molecule has 2 nitrogen and oxygen atoms in total. The maximum atomic E-state index is 3.65. The maximum Gasteiger partial charge on any atom is 0.0362 e. The summed E-state index contributed by atoms with van der Waals surface area (Å²) < 4.78 is 0. The molecule has 0 heterocycles. The summed E-state index contributed by atoms with van der Waals surface area (Å²) in [5.74, 6) is 0.921. The van der Waals surface area contributed by atoms with Crippen molar-refractivity contribution in [1.29, 1.82) is 0 Å². The molecule has 1 aromatic carbocycles. The molecular weight excluding hydrogens is 208 g/mol. The number of nitrogens with one attached hydrogen (secondary N) is 1. The first kappa shape index (κ1) is 12.3. The summed E-state index contributed by atoms with van der Waals surface area (Å²) in [6, 6.07) is 9.40. The summed E-state index contributed by atoms with van der Waals surface area (Å²) in [4.78, 5) is 2.13. The Morgan fingerprint density at radius 2 is 1.59 bits per heavy atom. The average Bonchev–Trinajstić information content (AvgIpc) is 2.33. The summed E-state index contributed by atoms with van der Waals surface area (Å²) in [6.45, 7) is 2.36. The molecule has 0 atom stereocenters. The molecule has 0 amide bonds. The van der Waals surface area contributed by atoms with Crippen molar-refractivity contribution in [2.45, 2.75) is 38.6 Å². The Morgan fingerprint density at radius 1 is 1.00 bits per heavy atom. The number of hydrogen-bond acceptors (Lipinski definition) is 2. The van der Waals surface area contributed by atoms with Gasteiger partial charge in [0.2, 0.25) is 0 Å². The standard InChI is InChI=1S/C15H24N2/c1-12-4-6-13(7-5-12)16-14-8-10-15(11-9-14)17(2)3/h8-13,16H,4-7H2,1-3H3. The minimum atomic E-state index is 0.677. The SMILES string of the molecule is CC1CCC(Nc2ccc(N(C)C)cc2)CC1. The van der Waals surface area contributed by atoms with Gasteiger partial charge in [-0.1, -0.05) is 6.92 Å². The second-order valence-electron chi connectivity index (χ2n) is 5.54. The van der Waals surface area contributed by atoms with Crippen LogP contribution in [-0.2, 0) is 0 Å². The zero-order chi connectivity index (χ0) is 12.3. The second-order valence-corrected chi connectivity index (χ2v) is 5.54. The monoisotopic (exact) mass is 232 g/mol. The Morgan fingerprint density at radius 3 is 2.12 bits per heavy atom. The fraction of sp³-hybridized carbons (Fsp3) is 0.600. The lowest BCUT2D eigenvalue weighted by Crippen LogP contribution is -2.25. The van der Waals surface area contributed by atoms with Crippen molar-refractivity contribution in [2.24, 2.45) is 5.92 Å². The molecule has 0 saturated heterocycles. The highest BCUT2D eigenvalue weighted by Crippen LogP contribution is 2.26. The van der Waals surface area contributed by atoms with Crippen LogP contribution in [0.5, 0.6) is 0 Å².